The number of likely N-dealkylation sites (tertiary alicyclic amines) is 1. The van der Waals surface area contributed by atoms with Crippen LogP contribution in [0, 0.1) is 0 Å². The van der Waals surface area contributed by atoms with E-state index in [4.69, 9.17) is 0 Å². The zero-order valence-corrected chi connectivity index (χ0v) is 7.93. The molecule has 0 aromatic rings. The molecule has 12 heavy (non-hydrogen) atoms. The highest BCUT2D eigenvalue weighted by Crippen LogP contribution is 2.22. The van der Waals surface area contributed by atoms with Crippen molar-refractivity contribution in [1.82, 2.24) is 4.90 Å². The Morgan fingerprint density at radius 1 is 1.50 bits per heavy atom. The average Bonchev–Trinajstić information content (AvgIpc) is 1.83. The first kappa shape index (κ1) is 9.49. The highest BCUT2D eigenvalue weighted by atomic mass is 19.1. The number of hydrogen-bond donors (Lipinski definition) is 0. The summed E-state index contributed by atoms with van der Waals surface area (Å²) in [5, 5.41) is 0. The van der Waals surface area contributed by atoms with Crippen LogP contribution in [0.4, 0.5) is 4.39 Å². The Kier molecular flexibility index (Phi) is 2.40. The lowest BCUT2D eigenvalue weighted by Crippen LogP contribution is -2.50. The number of alkyl halides is 1. The molecule has 0 aromatic heterocycles. The predicted octanol–water partition coefficient (Wildman–Crippen LogP) is 1.75. The molecule has 0 unspecified atom stereocenters. The van der Waals surface area contributed by atoms with Gasteiger partial charge in [-0.3, -0.25) is 4.79 Å². The molecule has 1 aliphatic rings. The molecule has 1 saturated heterocycles. The number of nitrogens with zero attached hydrogens (tertiary/aromatic N) is 1. The minimum Gasteiger partial charge on any atom is -0.338 e. The van der Waals surface area contributed by atoms with Crippen LogP contribution in [0.25, 0.3) is 0 Å². The highest BCUT2D eigenvalue weighted by Gasteiger charge is 2.32. The van der Waals surface area contributed by atoms with Gasteiger partial charge in [0, 0.05) is 12.1 Å². The Bertz CT molecular complexity index is 185. The molecule has 1 atom stereocenters. The largest absolute Gasteiger partial charge is 0.338 e. The first-order chi connectivity index (χ1) is 5.41. The maximum Gasteiger partial charge on any atom is 0.225 e. The second-order valence-electron chi connectivity index (χ2n) is 4.31. The Labute approximate surface area is 72.7 Å². The molecular weight excluding hydrogens is 157 g/mol. The van der Waals surface area contributed by atoms with E-state index in [9.17, 15) is 9.18 Å². The monoisotopic (exact) mass is 173 g/mol. The van der Waals surface area contributed by atoms with Crippen molar-refractivity contribution in [1.29, 1.82) is 0 Å². The molecule has 0 N–H and O–H groups in total. The summed E-state index contributed by atoms with van der Waals surface area (Å²) < 4.78 is 12.7. The molecular formula is C9H16FNO. The van der Waals surface area contributed by atoms with Crippen LogP contribution in [0.3, 0.4) is 0 Å². The molecule has 3 heteroatoms. The smallest absolute Gasteiger partial charge is 0.225 e. The van der Waals surface area contributed by atoms with Gasteiger partial charge < -0.3 is 4.90 Å². The summed E-state index contributed by atoms with van der Waals surface area (Å²) in [6, 6.07) is 0. The zero-order valence-electron chi connectivity index (χ0n) is 7.93. The molecule has 1 rings (SSSR count). The fourth-order valence-corrected chi connectivity index (χ4v) is 1.51. The standard InChI is InChI=1S/C9H16FNO/c1-9(2,3)11-5-4-7(10)6-8(11)12/h7H,4-6H2,1-3H3/t7-/m1/s1. The van der Waals surface area contributed by atoms with Crippen molar-refractivity contribution >= 4 is 5.91 Å². The van der Waals surface area contributed by atoms with Crippen molar-refractivity contribution in [3.05, 3.63) is 0 Å². The maximum absolute atomic E-state index is 12.7. The van der Waals surface area contributed by atoms with Crippen LogP contribution in [0.1, 0.15) is 33.6 Å². The van der Waals surface area contributed by atoms with Gasteiger partial charge in [-0.2, -0.15) is 0 Å². The Morgan fingerprint density at radius 3 is 2.50 bits per heavy atom. The van der Waals surface area contributed by atoms with Gasteiger partial charge in [0.25, 0.3) is 0 Å². The van der Waals surface area contributed by atoms with Gasteiger partial charge in [-0.25, -0.2) is 4.39 Å². The fourth-order valence-electron chi connectivity index (χ4n) is 1.51. The lowest BCUT2D eigenvalue weighted by Gasteiger charge is -2.39. The molecule has 0 aliphatic carbocycles. The Balaban J connectivity index is 2.63. The molecule has 1 fully saturated rings. The minimum atomic E-state index is -0.920. The first-order valence-corrected chi connectivity index (χ1v) is 4.36. The third-order valence-corrected chi connectivity index (χ3v) is 2.17. The number of carbonyl (C=O) groups is 1. The van der Waals surface area contributed by atoms with Crippen molar-refractivity contribution in [2.45, 2.75) is 45.3 Å². The SMILES string of the molecule is CC(C)(C)N1CC[C@@H](F)CC1=O. The van der Waals surface area contributed by atoms with E-state index in [1.165, 1.54) is 0 Å². The van der Waals surface area contributed by atoms with E-state index in [-0.39, 0.29) is 17.9 Å². The normalized spacial score (nSPS) is 26.2. The van der Waals surface area contributed by atoms with Crippen LogP contribution in [0.15, 0.2) is 0 Å². The Hall–Kier alpha value is -0.600. The molecule has 0 saturated carbocycles. The molecule has 1 aliphatic heterocycles. The predicted molar refractivity (Wildman–Crippen MR) is 45.6 cm³/mol. The summed E-state index contributed by atoms with van der Waals surface area (Å²) in [5.41, 5.74) is -0.156. The molecule has 70 valence electrons. The summed E-state index contributed by atoms with van der Waals surface area (Å²) in [5.74, 6) is -0.0544. The summed E-state index contributed by atoms with van der Waals surface area (Å²) in [7, 11) is 0. The van der Waals surface area contributed by atoms with Gasteiger partial charge in [0.05, 0.1) is 6.42 Å². The minimum absolute atomic E-state index is 0.0544. The van der Waals surface area contributed by atoms with Gasteiger partial charge in [0.2, 0.25) is 5.91 Å². The van der Waals surface area contributed by atoms with E-state index in [1.54, 1.807) is 4.90 Å². The fraction of sp³-hybridized carbons (Fsp3) is 0.889. The van der Waals surface area contributed by atoms with E-state index in [0.29, 0.717) is 13.0 Å². The van der Waals surface area contributed by atoms with Crippen LogP contribution in [-0.2, 0) is 4.79 Å². The summed E-state index contributed by atoms with van der Waals surface area (Å²) in [6.07, 6.45) is -0.364. The number of carbonyl (C=O) groups excluding carboxylic acids is 1. The zero-order chi connectivity index (χ0) is 9.35. The van der Waals surface area contributed by atoms with Crippen molar-refractivity contribution in [3.8, 4) is 0 Å². The number of hydrogen-bond acceptors (Lipinski definition) is 1. The number of halogens is 1. The maximum atomic E-state index is 12.7. The second kappa shape index (κ2) is 3.04. The topological polar surface area (TPSA) is 20.3 Å². The average molecular weight is 173 g/mol. The van der Waals surface area contributed by atoms with E-state index in [2.05, 4.69) is 0 Å². The van der Waals surface area contributed by atoms with Crippen LogP contribution < -0.4 is 0 Å². The molecule has 0 aromatic carbocycles. The van der Waals surface area contributed by atoms with Crippen LogP contribution in [-0.4, -0.2) is 29.1 Å². The second-order valence-corrected chi connectivity index (χ2v) is 4.31. The summed E-state index contributed by atoms with van der Waals surface area (Å²) >= 11 is 0. The number of amides is 1. The van der Waals surface area contributed by atoms with Gasteiger partial charge in [0.1, 0.15) is 6.17 Å². The van der Waals surface area contributed by atoms with Crippen molar-refractivity contribution in [3.63, 3.8) is 0 Å². The lowest BCUT2D eigenvalue weighted by molar-refractivity contribution is -0.140. The van der Waals surface area contributed by atoms with E-state index in [1.807, 2.05) is 20.8 Å². The van der Waals surface area contributed by atoms with Gasteiger partial charge >= 0.3 is 0 Å². The van der Waals surface area contributed by atoms with E-state index < -0.39 is 6.17 Å². The number of rotatable bonds is 0. The van der Waals surface area contributed by atoms with Crippen LogP contribution >= 0.6 is 0 Å². The molecule has 0 spiro atoms. The van der Waals surface area contributed by atoms with Gasteiger partial charge in [0.15, 0.2) is 0 Å². The Morgan fingerprint density at radius 2 is 2.08 bits per heavy atom. The van der Waals surface area contributed by atoms with Gasteiger partial charge in [-0.05, 0) is 27.2 Å². The highest BCUT2D eigenvalue weighted by molar-refractivity contribution is 5.78. The third-order valence-electron chi connectivity index (χ3n) is 2.17. The van der Waals surface area contributed by atoms with Crippen molar-refractivity contribution in [2.24, 2.45) is 0 Å². The summed E-state index contributed by atoms with van der Waals surface area (Å²) in [4.78, 5) is 13.1. The van der Waals surface area contributed by atoms with Crippen LogP contribution in [0.2, 0.25) is 0 Å². The van der Waals surface area contributed by atoms with E-state index >= 15 is 0 Å². The lowest BCUT2D eigenvalue weighted by atomic mass is 10.00. The van der Waals surface area contributed by atoms with E-state index in [0.717, 1.165) is 0 Å². The molecule has 1 heterocycles. The van der Waals surface area contributed by atoms with Gasteiger partial charge in [-0.15, -0.1) is 0 Å². The van der Waals surface area contributed by atoms with Gasteiger partial charge in [-0.1, -0.05) is 0 Å². The molecule has 0 radical (unpaired) electrons. The quantitative estimate of drug-likeness (QED) is 0.546. The van der Waals surface area contributed by atoms with Crippen LogP contribution in [0.5, 0.6) is 0 Å². The van der Waals surface area contributed by atoms with Crippen molar-refractivity contribution in [2.75, 3.05) is 6.54 Å². The van der Waals surface area contributed by atoms with Crippen molar-refractivity contribution < 1.29 is 9.18 Å². The molecule has 2 nitrogen and oxygen atoms in total. The molecule has 1 amide bonds. The third kappa shape index (κ3) is 1.96. The molecule has 0 bridgehead atoms. The summed E-state index contributed by atoms with van der Waals surface area (Å²) in [6.45, 7) is 6.49. The number of piperidine rings is 1. The first-order valence-electron chi connectivity index (χ1n) is 4.36.